The van der Waals surface area contributed by atoms with E-state index in [9.17, 15) is 14.4 Å². The molecule has 0 radical (unpaired) electrons. The molecule has 2 bridgehead atoms. The first-order valence-electron chi connectivity index (χ1n) is 21.1. The molecule has 300 valence electrons. The highest BCUT2D eigenvalue weighted by atomic mass is 16.6. The van der Waals surface area contributed by atoms with E-state index in [0.717, 1.165) is 68.1 Å². The lowest BCUT2D eigenvalue weighted by Crippen LogP contribution is -2.58. The molecule has 58 heavy (non-hydrogen) atoms. The summed E-state index contributed by atoms with van der Waals surface area (Å²) in [5, 5.41) is 0.664. The molecule has 4 aliphatic rings. The second-order valence-electron chi connectivity index (χ2n) is 17.1. The monoisotopic (exact) mass is 778 g/mol. The van der Waals surface area contributed by atoms with Gasteiger partial charge in [-0.25, -0.2) is 9.59 Å². The Morgan fingerprint density at radius 2 is 1.45 bits per heavy atom. The Labute approximate surface area is 341 Å². The van der Waals surface area contributed by atoms with Crippen molar-refractivity contribution in [1.29, 1.82) is 0 Å². The molecular weight excluding hydrogens is 725 g/mol. The molecule has 0 N–H and O–H groups in total. The fraction of sp³-hybridized carbons (Fsp3) is 0.392. The first kappa shape index (κ1) is 39.4. The van der Waals surface area contributed by atoms with Gasteiger partial charge in [0.05, 0.1) is 5.56 Å². The van der Waals surface area contributed by atoms with Crippen molar-refractivity contribution in [2.75, 3.05) is 0 Å². The molecule has 4 heterocycles. The predicted molar refractivity (Wildman–Crippen MR) is 226 cm³/mol. The third-order valence-corrected chi connectivity index (χ3v) is 12.8. The Kier molecular flexibility index (Phi) is 11.7. The predicted octanol–water partition coefficient (Wildman–Crippen LogP) is 10.8. The van der Waals surface area contributed by atoms with Gasteiger partial charge in [0.1, 0.15) is 16.9 Å². The molecule has 4 unspecified atom stereocenters. The van der Waals surface area contributed by atoms with Gasteiger partial charge in [0.25, 0.3) is 0 Å². The Hall–Kier alpha value is -5.43. The number of carbonyl (C=O) groups excluding carboxylic acids is 2. The van der Waals surface area contributed by atoms with E-state index in [0.29, 0.717) is 41.5 Å². The van der Waals surface area contributed by atoms with Crippen molar-refractivity contribution in [2.45, 2.75) is 116 Å². The van der Waals surface area contributed by atoms with E-state index >= 15 is 0 Å². The maximum absolute atomic E-state index is 14.6. The number of carbonyl (C=O) groups is 2. The molecule has 3 aliphatic heterocycles. The van der Waals surface area contributed by atoms with E-state index in [-0.39, 0.29) is 23.8 Å². The van der Waals surface area contributed by atoms with Crippen molar-refractivity contribution in [3.63, 3.8) is 0 Å². The minimum Gasteiger partial charge on any atom is -0.483 e. The molecule has 0 spiro atoms. The molecule has 5 aromatic rings. The van der Waals surface area contributed by atoms with Crippen LogP contribution < -0.4 is 10.4 Å². The zero-order valence-corrected chi connectivity index (χ0v) is 34.0. The summed E-state index contributed by atoms with van der Waals surface area (Å²) in [5.41, 5.74) is 6.66. The first-order valence-corrected chi connectivity index (χ1v) is 21.1. The fourth-order valence-corrected chi connectivity index (χ4v) is 9.52. The van der Waals surface area contributed by atoms with E-state index in [1.165, 1.54) is 22.8 Å². The van der Waals surface area contributed by atoms with Gasteiger partial charge < -0.3 is 18.6 Å². The van der Waals surface area contributed by atoms with Gasteiger partial charge in [0.15, 0.2) is 12.2 Å². The molecule has 1 aliphatic carbocycles. The quantitative estimate of drug-likeness (QED) is 0.0963. The van der Waals surface area contributed by atoms with Gasteiger partial charge in [-0.3, -0.25) is 4.79 Å². The minimum absolute atomic E-state index is 0.0307. The maximum atomic E-state index is 14.6. The zero-order valence-electron chi connectivity index (χ0n) is 34.0. The van der Waals surface area contributed by atoms with Gasteiger partial charge in [-0.2, -0.15) is 0 Å². The van der Waals surface area contributed by atoms with Crippen LogP contribution in [0.25, 0.3) is 11.0 Å². The van der Waals surface area contributed by atoms with Gasteiger partial charge >= 0.3 is 17.6 Å². The number of aryl methyl sites for hydroxylation is 2. The van der Waals surface area contributed by atoms with Gasteiger partial charge in [-0.15, -0.1) is 0 Å². The normalized spacial score (nSPS) is 23.0. The minimum atomic E-state index is -1.07. The average molecular weight is 779 g/mol. The molecule has 4 aromatic carbocycles. The van der Waals surface area contributed by atoms with E-state index in [1.807, 2.05) is 39.0 Å². The lowest BCUT2D eigenvalue weighted by Gasteiger charge is -2.49. The number of esters is 2. The number of allylic oxidation sites excluding steroid dienone is 1. The van der Waals surface area contributed by atoms with Crippen molar-refractivity contribution < 1.29 is 28.2 Å². The zero-order chi connectivity index (χ0) is 40.2. The number of hydrogen-bond donors (Lipinski definition) is 0. The number of benzene rings is 4. The van der Waals surface area contributed by atoms with Crippen LogP contribution in [0.1, 0.15) is 112 Å². The lowest BCUT2D eigenvalue weighted by atomic mass is 9.71. The number of rotatable bonds is 6. The van der Waals surface area contributed by atoms with Crippen LogP contribution in [0, 0.1) is 11.8 Å². The molecule has 1 saturated carbocycles. The third-order valence-electron chi connectivity index (χ3n) is 12.8. The Morgan fingerprint density at radius 1 is 0.724 bits per heavy atom. The molecule has 9 rings (SSSR count). The summed E-state index contributed by atoms with van der Waals surface area (Å²) >= 11 is 0. The largest absolute Gasteiger partial charge is 0.483 e. The molecule has 7 nitrogen and oxygen atoms in total. The van der Waals surface area contributed by atoms with Gasteiger partial charge in [0.2, 0.25) is 0 Å². The summed E-state index contributed by atoms with van der Waals surface area (Å²) in [6, 6.07) is 34.6. The van der Waals surface area contributed by atoms with Crippen molar-refractivity contribution in [3.05, 3.63) is 158 Å². The summed E-state index contributed by atoms with van der Waals surface area (Å²) in [7, 11) is 0. The van der Waals surface area contributed by atoms with Crippen LogP contribution in [0.3, 0.4) is 0 Å². The van der Waals surface area contributed by atoms with Crippen LogP contribution in [0.4, 0.5) is 0 Å². The lowest BCUT2D eigenvalue weighted by molar-refractivity contribution is -0.201. The smallest absolute Gasteiger partial charge is 0.336 e. The molecular formula is C51H54O7. The molecule has 0 amide bonds. The molecule has 7 heteroatoms. The molecule has 1 aromatic heterocycles. The first-order chi connectivity index (χ1) is 28.1. The molecule has 1 fully saturated rings. The van der Waals surface area contributed by atoms with Crippen molar-refractivity contribution >= 4 is 22.9 Å². The highest BCUT2D eigenvalue weighted by Crippen LogP contribution is 2.51. The van der Waals surface area contributed by atoms with E-state index < -0.39 is 35.4 Å². The number of fused-ring (bicyclic) bond motifs is 13. The van der Waals surface area contributed by atoms with Crippen LogP contribution in [-0.4, -0.2) is 23.6 Å². The highest BCUT2D eigenvalue weighted by Gasteiger charge is 2.56. The number of ether oxygens (including phenoxy) is 3. The summed E-state index contributed by atoms with van der Waals surface area (Å²) in [5.74, 6) is -0.358. The molecule has 4 atom stereocenters. The maximum Gasteiger partial charge on any atom is 0.336 e. The van der Waals surface area contributed by atoms with E-state index in [1.54, 1.807) is 6.07 Å². The van der Waals surface area contributed by atoms with E-state index in [2.05, 4.69) is 72.8 Å². The standard InChI is InChI=1S/C51H54O7/c1-33(2)42-26-23-34-17-19-37(20-18-34)31-39(22-21-36-13-10-14-38(30-36)29-35-11-6-4-7-12-35)32-45(53)56-48-46-43(27-24-40-25-28-44(52)55-47(40)46)58-51(3,49(48)57-50(42)54)41-15-8-5-9-16-41/h4,6-7,10-14,17-20,24-25,27-28,30,39,41,48-49H,5,8-9,15-16,21-23,26,29,31-32H2,1-3H3. The Morgan fingerprint density at radius 3 is 2.22 bits per heavy atom. The van der Waals surface area contributed by atoms with Crippen LogP contribution in [0.15, 0.2) is 123 Å². The van der Waals surface area contributed by atoms with Gasteiger partial charge in [-0.1, -0.05) is 104 Å². The van der Waals surface area contributed by atoms with Gasteiger partial charge in [-0.05, 0) is 124 Å². The van der Waals surface area contributed by atoms with Crippen molar-refractivity contribution in [2.24, 2.45) is 11.8 Å². The van der Waals surface area contributed by atoms with Crippen LogP contribution in [-0.2, 0) is 44.7 Å². The van der Waals surface area contributed by atoms with Crippen LogP contribution >= 0.6 is 0 Å². The van der Waals surface area contributed by atoms with Crippen LogP contribution in [0.5, 0.6) is 5.75 Å². The fourth-order valence-electron chi connectivity index (χ4n) is 9.52. The summed E-state index contributed by atoms with van der Waals surface area (Å²) in [4.78, 5) is 41.9. The summed E-state index contributed by atoms with van der Waals surface area (Å²) < 4.78 is 26.2. The van der Waals surface area contributed by atoms with Crippen LogP contribution in [0.2, 0.25) is 0 Å². The second kappa shape index (κ2) is 17.2. The van der Waals surface area contributed by atoms with E-state index in [4.69, 9.17) is 18.6 Å². The van der Waals surface area contributed by atoms with Crippen molar-refractivity contribution in [3.8, 4) is 5.75 Å². The van der Waals surface area contributed by atoms with Gasteiger partial charge in [0, 0.05) is 29.4 Å². The van der Waals surface area contributed by atoms with Crippen molar-refractivity contribution in [1.82, 2.24) is 0 Å². The highest BCUT2D eigenvalue weighted by molar-refractivity contribution is 5.90. The third kappa shape index (κ3) is 8.69. The second-order valence-corrected chi connectivity index (χ2v) is 17.1. The Bertz CT molecular complexity index is 2350. The summed E-state index contributed by atoms with van der Waals surface area (Å²) in [6.07, 6.45) is 7.39. The average Bonchev–Trinajstić information content (AvgIpc) is 3.22. The summed E-state index contributed by atoms with van der Waals surface area (Å²) in [6.45, 7) is 5.88. The molecule has 0 saturated heterocycles. The Balaban J connectivity index is 1.18. The topological polar surface area (TPSA) is 92.0 Å². The number of hydrogen-bond acceptors (Lipinski definition) is 7. The SMILES string of the molecule is CC(C)=C1CCc2ccc(cc2)CC(CCc2cccc(Cc3ccccc3)c2)CC(=O)OC2c3c(ccc4ccc(=O)oc34)OC(C)(C3CCCCC3)C2OC1=O.